The number of benzene rings is 1. The van der Waals surface area contributed by atoms with Crippen LogP contribution in [0.25, 0.3) is 0 Å². The van der Waals surface area contributed by atoms with E-state index in [4.69, 9.17) is 11.6 Å². The van der Waals surface area contributed by atoms with Crippen LogP contribution < -0.4 is 5.32 Å². The van der Waals surface area contributed by atoms with Crippen molar-refractivity contribution >= 4 is 23.4 Å². The Morgan fingerprint density at radius 1 is 1.17 bits per heavy atom. The van der Waals surface area contributed by atoms with Crippen molar-refractivity contribution in [3.05, 3.63) is 46.5 Å². The molecule has 0 bridgehead atoms. The summed E-state index contributed by atoms with van der Waals surface area (Å²) in [6.45, 7) is 1.57. The van der Waals surface area contributed by atoms with Gasteiger partial charge in [0.05, 0.1) is 18.7 Å². The second kappa shape index (κ2) is 9.12. The molecule has 30 heavy (non-hydrogen) atoms. The minimum atomic E-state index is -0.466. The molecule has 2 heterocycles. The molecule has 2 amide bonds. The van der Waals surface area contributed by atoms with E-state index >= 15 is 0 Å². The van der Waals surface area contributed by atoms with Crippen molar-refractivity contribution in [1.29, 1.82) is 0 Å². The highest BCUT2D eigenvalue weighted by Crippen LogP contribution is 2.28. The average molecular weight is 434 g/mol. The number of hydrogen-bond donors (Lipinski definition) is 1. The molecule has 2 fully saturated rings. The molecule has 0 atom stereocenters. The van der Waals surface area contributed by atoms with Crippen molar-refractivity contribution < 1.29 is 14.0 Å². The molecule has 0 unspecified atom stereocenters. The van der Waals surface area contributed by atoms with Gasteiger partial charge in [-0.2, -0.15) is 0 Å². The molecular formula is C21H25ClFN5O2. The van der Waals surface area contributed by atoms with Gasteiger partial charge in [0.1, 0.15) is 5.82 Å². The molecule has 0 radical (unpaired) electrons. The number of amides is 2. The first-order valence-electron chi connectivity index (χ1n) is 10.4. The monoisotopic (exact) mass is 433 g/mol. The topological polar surface area (TPSA) is 80.1 Å². The van der Waals surface area contributed by atoms with Gasteiger partial charge < -0.3 is 10.2 Å². The third kappa shape index (κ3) is 4.64. The maximum atomic E-state index is 13.9. The Morgan fingerprint density at radius 2 is 1.90 bits per heavy atom. The van der Waals surface area contributed by atoms with E-state index in [-0.39, 0.29) is 40.9 Å². The van der Waals surface area contributed by atoms with Crippen LogP contribution >= 0.6 is 11.6 Å². The Bertz CT molecular complexity index is 900. The van der Waals surface area contributed by atoms with E-state index < -0.39 is 5.82 Å². The molecule has 9 heteroatoms. The minimum Gasteiger partial charge on any atom is -0.353 e. The van der Waals surface area contributed by atoms with Gasteiger partial charge in [0.2, 0.25) is 5.91 Å². The standard InChI is InChI=1S/C21H25ClFN5O2/c22-17-4-3-5-18(23)16(17)12-20(29)24-14-6-8-15(9-7-14)28-13-19(25-26-28)21(30)27-10-1-2-11-27/h3-5,13-15H,1-2,6-12H2,(H,24,29). The van der Waals surface area contributed by atoms with E-state index in [0.717, 1.165) is 51.6 Å². The lowest BCUT2D eigenvalue weighted by molar-refractivity contribution is -0.121. The van der Waals surface area contributed by atoms with Crippen molar-refractivity contribution in [2.75, 3.05) is 13.1 Å². The predicted octanol–water partition coefficient (Wildman–Crippen LogP) is 3.15. The summed E-state index contributed by atoms with van der Waals surface area (Å²) >= 11 is 6.01. The fourth-order valence-electron chi connectivity index (χ4n) is 4.26. The van der Waals surface area contributed by atoms with Crippen LogP contribution in [0.15, 0.2) is 24.4 Å². The number of rotatable bonds is 5. The second-order valence-electron chi connectivity index (χ2n) is 8.03. The van der Waals surface area contributed by atoms with Crippen LogP contribution in [0.5, 0.6) is 0 Å². The fourth-order valence-corrected chi connectivity index (χ4v) is 4.49. The first-order chi connectivity index (χ1) is 14.5. The maximum absolute atomic E-state index is 13.9. The lowest BCUT2D eigenvalue weighted by Gasteiger charge is -2.29. The number of hydrogen-bond acceptors (Lipinski definition) is 4. The number of likely N-dealkylation sites (tertiary alicyclic amines) is 1. The van der Waals surface area contributed by atoms with E-state index in [1.165, 1.54) is 12.1 Å². The van der Waals surface area contributed by atoms with Crippen LogP contribution in [0.4, 0.5) is 4.39 Å². The summed E-state index contributed by atoms with van der Waals surface area (Å²) in [7, 11) is 0. The van der Waals surface area contributed by atoms with E-state index in [1.54, 1.807) is 16.9 Å². The Morgan fingerprint density at radius 3 is 2.60 bits per heavy atom. The van der Waals surface area contributed by atoms with Gasteiger partial charge in [-0.15, -0.1) is 5.10 Å². The molecule has 4 rings (SSSR count). The normalized spacial score (nSPS) is 21.6. The highest BCUT2D eigenvalue weighted by molar-refractivity contribution is 6.31. The zero-order chi connectivity index (χ0) is 21.1. The zero-order valence-corrected chi connectivity index (χ0v) is 17.4. The average Bonchev–Trinajstić information content (AvgIpc) is 3.43. The molecule has 2 aromatic rings. The highest BCUT2D eigenvalue weighted by Gasteiger charge is 2.27. The number of carbonyl (C=O) groups is 2. The molecule has 1 aromatic heterocycles. The second-order valence-corrected chi connectivity index (χ2v) is 8.44. The summed E-state index contributed by atoms with van der Waals surface area (Å²) in [6.07, 6.45) is 6.98. The Hall–Kier alpha value is -2.48. The molecule has 1 saturated carbocycles. The van der Waals surface area contributed by atoms with E-state index in [9.17, 15) is 14.0 Å². The number of carbonyl (C=O) groups excluding carboxylic acids is 2. The van der Waals surface area contributed by atoms with Crippen molar-refractivity contribution in [2.24, 2.45) is 0 Å². The number of nitrogens with one attached hydrogen (secondary N) is 1. The van der Waals surface area contributed by atoms with Gasteiger partial charge >= 0.3 is 0 Å². The van der Waals surface area contributed by atoms with Crippen molar-refractivity contribution in [3.8, 4) is 0 Å². The summed E-state index contributed by atoms with van der Waals surface area (Å²) in [5, 5.41) is 11.5. The number of aromatic nitrogens is 3. The Balaban J connectivity index is 1.28. The number of halogens is 2. The number of nitrogens with zero attached hydrogens (tertiary/aromatic N) is 4. The SMILES string of the molecule is O=C(Cc1c(F)cccc1Cl)NC1CCC(n2cc(C(=O)N3CCCC3)nn2)CC1. The first kappa shape index (κ1) is 20.8. The molecule has 1 saturated heterocycles. The summed E-state index contributed by atoms with van der Waals surface area (Å²) < 4.78 is 15.7. The highest BCUT2D eigenvalue weighted by atomic mass is 35.5. The minimum absolute atomic E-state index is 0.0357. The third-order valence-electron chi connectivity index (χ3n) is 5.96. The molecule has 1 aromatic carbocycles. The van der Waals surface area contributed by atoms with Gasteiger partial charge in [-0.1, -0.05) is 22.9 Å². The van der Waals surface area contributed by atoms with Gasteiger partial charge in [0, 0.05) is 29.7 Å². The van der Waals surface area contributed by atoms with Gasteiger partial charge in [-0.25, -0.2) is 9.07 Å². The first-order valence-corrected chi connectivity index (χ1v) is 10.8. The summed E-state index contributed by atoms with van der Waals surface area (Å²) in [5.41, 5.74) is 0.622. The van der Waals surface area contributed by atoms with Gasteiger partial charge in [0.15, 0.2) is 5.69 Å². The van der Waals surface area contributed by atoms with Crippen molar-refractivity contribution in [3.63, 3.8) is 0 Å². The molecule has 1 N–H and O–H groups in total. The molecule has 1 aliphatic heterocycles. The molecule has 1 aliphatic carbocycles. The zero-order valence-electron chi connectivity index (χ0n) is 16.7. The van der Waals surface area contributed by atoms with E-state index in [0.29, 0.717) is 5.69 Å². The van der Waals surface area contributed by atoms with Crippen LogP contribution in [0.1, 0.15) is 60.6 Å². The third-order valence-corrected chi connectivity index (χ3v) is 6.31. The lowest BCUT2D eigenvalue weighted by atomic mass is 9.91. The van der Waals surface area contributed by atoms with Crippen LogP contribution in [-0.4, -0.2) is 50.8 Å². The fraction of sp³-hybridized carbons (Fsp3) is 0.524. The van der Waals surface area contributed by atoms with Gasteiger partial charge in [0.25, 0.3) is 5.91 Å². The largest absolute Gasteiger partial charge is 0.353 e. The quantitative estimate of drug-likeness (QED) is 0.785. The van der Waals surface area contributed by atoms with Crippen LogP contribution in [-0.2, 0) is 11.2 Å². The smallest absolute Gasteiger partial charge is 0.276 e. The van der Waals surface area contributed by atoms with E-state index in [1.807, 2.05) is 4.90 Å². The summed E-state index contributed by atoms with van der Waals surface area (Å²) in [5.74, 6) is -0.747. The maximum Gasteiger partial charge on any atom is 0.276 e. The van der Waals surface area contributed by atoms with Gasteiger partial charge in [-0.3, -0.25) is 9.59 Å². The van der Waals surface area contributed by atoms with Gasteiger partial charge in [-0.05, 0) is 50.7 Å². The predicted molar refractivity (Wildman–Crippen MR) is 110 cm³/mol. The van der Waals surface area contributed by atoms with Crippen LogP contribution in [0, 0.1) is 5.82 Å². The molecule has 0 spiro atoms. The van der Waals surface area contributed by atoms with Crippen molar-refractivity contribution in [1.82, 2.24) is 25.2 Å². The molecule has 160 valence electrons. The molecular weight excluding hydrogens is 409 g/mol. The Labute approximate surface area is 179 Å². The van der Waals surface area contributed by atoms with Crippen molar-refractivity contribution in [2.45, 2.75) is 57.0 Å². The summed E-state index contributed by atoms with van der Waals surface area (Å²) in [6, 6.07) is 4.61. The Kier molecular flexibility index (Phi) is 6.32. The molecule has 2 aliphatic rings. The van der Waals surface area contributed by atoms with Crippen LogP contribution in [0.3, 0.4) is 0 Å². The van der Waals surface area contributed by atoms with E-state index in [2.05, 4.69) is 15.6 Å². The lowest BCUT2D eigenvalue weighted by Crippen LogP contribution is -2.39. The summed E-state index contributed by atoms with van der Waals surface area (Å²) in [4.78, 5) is 26.6. The van der Waals surface area contributed by atoms with Crippen LogP contribution in [0.2, 0.25) is 5.02 Å². The molecule has 7 nitrogen and oxygen atoms in total.